The molecule has 1 aromatic carbocycles. The van der Waals surface area contributed by atoms with Crippen LogP contribution in [0.4, 0.5) is 0 Å². The van der Waals surface area contributed by atoms with E-state index in [1.165, 1.54) is 5.56 Å². The van der Waals surface area contributed by atoms with Crippen LogP contribution in [0.25, 0.3) is 0 Å². The molecule has 2 rings (SSSR count). The van der Waals surface area contributed by atoms with Gasteiger partial charge >= 0.3 is 0 Å². The molecule has 0 amide bonds. The molecule has 1 N–H and O–H groups in total. The molecule has 0 atom stereocenters. The Morgan fingerprint density at radius 1 is 1.28 bits per heavy atom. The Morgan fingerprint density at radius 2 is 1.94 bits per heavy atom. The molecule has 98 valence electrons. The molecular weight excluding hydrogens is 224 g/mol. The molecule has 0 bridgehead atoms. The van der Waals surface area contributed by atoms with E-state index in [-0.39, 0.29) is 0 Å². The zero-order valence-electron chi connectivity index (χ0n) is 11.1. The van der Waals surface area contributed by atoms with Gasteiger partial charge in [0.1, 0.15) is 12.4 Å². The first-order valence-corrected chi connectivity index (χ1v) is 6.53. The molecule has 0 saturated carbocycles. The smallest absolute Gasteiger partial charge is 0.119 e. The highest BCUT2D eigenvalue weighted by atomic mass is 16.5. The van der Waals surface area contributed by atoms with Crippen LogP contribution < -0.4 is 10.1 Å². The third kappa shape index (κ3) is 4.17. The first-order valence-electron chi connectivity index (χ1n) is 6.53. The fourth-order valence-electron chi connectivity index (χ4n) is 2.03. The van der Waals surface area contributed by atoms with Crippen molar-refractivity contribution in [2.45, 2.75) is 13.5 Å². The Morgan fingerprint density at radius 3 is 2.56 bits per heavy atom. The number of ether oxygens (including phenoxy) is 1. The van der Waals surface area contributed by atoms with Crippen LogP contribution in [0.3, 0.4) is 0 Å². The molecule has 1 aliphatic rings. The van der Waals surface area contributed by atoms with Gasteiger partial charge in [0.25, 0.3) is 0 Å². The SMILES string of the molecule is C=C(C)COc1ccc(CN2CCNCC2)cc1. The Hall–Kier alpha value is -1.32. The average Bonchev–Trinajstić information content (AvgIpc) is 2.39. The van der Waals surface area contributed by atoms with Crippen molar-refractivity contribution >= 4 is 0 Å². The van der Waals surface area contributed by atoms with E-state index in [4.69, 9.17) is 4.74 Å². The van der Waals surface area contributed by atoms with Crippen LogP contribution in [-0.4, -0.2) is 37.7 Å². The number of benzene rings is 1. The van der Waals surface area contributed by atoms with Gasteiger partial charge in [-0.1, -0.05) is 18.7 Å². The quantitative estimate of drug-likeness (QED) is 0.805. The summed E-state index contributed by atoms with van der Waals surface area (Å²) >= 11 is 0. The fourth-order valence-corrected chi connectivity index (χ4v) is 2.03. The number of hydrogen-bond acceptors (Lipinski definition) is 3. The molecule has 1 heterocycles. The molecule has 1 saturated heterocycles. The van der Waals surface area contributed by atoms with Crippen LogP contribution >= 0.6 is 0 Å². The lowest BCUT2D eigenvalue weighted by Gasteiger charge is -2.27. The highest BCUT2D eigenvalue weighted by Crippen LogP contribution is 2.14. The number of nitrogens with zero attached hydrogens (tertiary/aromatic N) is 1. The van der Waals surface area contributed by atoms with Gasteiger partial charge in [0.05, 0.1) is 0 Å². The van der Waals surface area contributed by atoms with Crippen molar-refractivity contribution in [3.63, 3.8) is 0 Å². The Bertz CT molecular complexity index is 380. The third-order valence-corrected chi connectivity index (χ3v) is 3.02. The van der Waals surface area contributed by atoms with Gasteiger partial charge in [0, 0.05) is 32.7 Å². The summed E-state index contributed by atoms with van der Waals surface area (Å²) in [5, 5.41) is 3.37. The Labute approximate surface area is 109 Å². The number of rotatable bonds is 5. The van der Waals surface area contributed by atoms with Crippen LogP contribution in [0.2, 0.25) is 0 Å². The molecule has 0 spiro atoms. The predicted molar refractivity (Wildman–Crippen MR) is 74.9 cm³/mol. The van der Waals surface area contributed by atoms with E-state index >= 15 is 0 Å². The number of piperazine rings is 1. The second-order valence-electron chi connectivity index (χ2n) is 4.92. The van der Waals surface area contributed by atoms with Crippen LogP contribution in [0.1, 0.15) is 12.5 Å². The maximum Gasteiger partial charge on any atom is 0.119 e. The summed E-state index contributed by atoms with van der Waals surface area (Å²) in [6, 6.07) is 8.38. The van der Waals surface area contributed by atoms with Gasteiger partial charge in [-0.05, 0) is 30.2 Å². The monoisotopic (exact) mass is 246 g/mol. The first kappa shape index (κ1) is 13.1. The minimum absolute atomic E-state index is 0.594. The van der Waals surface area contributed by atoms with Crippen molar-refractivity contribution in [3.05, 3.63) is 42.0 Å². The second kappa shape index (κ2) is 6.57. The Balaban J connectivity index is 1.84. The minimum Gasteiger partial charge on any atom is -0.489 e. The third-order valence-electron chi connectivity index (χ3n) is 3.02. The van der Waals surface area contributed by atoms with E-state index in [1.54, 1.807) is 0 Å². The lowest BCUT2D eigenvalue weighted by atomic mass is 10.2. The summed E-state index contributed by atoms with van der Waals surface area (Å²) in [6.07, 6.45) is 0. The molecular formula is C15H22N2O. The number of nitrogens with one attached hydrogen (secondary N) is 1. The van der Waals surface area contributed by atoms with Crippen molar-refractivity contribution in [2.24, 2.45) is 0 Å². The van der Waals surface area contributed by atoms with E-state index < -0.39 is 0 Å². The predicted octanol–water partition coefficient (Wildman–Crippen LogP) is 2.05. The van der Waals surface area contributed by atoms with Crippen molar-refractivity contribution in [1.82, 2.24) is 10.2 Å². The first-order chi connectivity index (χ1) is 8.74. The normalized spacial score (nSPS) is 16.5. The second-order valence-corrected chi connectivity index (χ2v) is 4.92. The summed E-state index contributed by atoms with van der Waals surface area (Å²) in [5.41, 5.74) is 2.39. The Kier molecular flexibility index (Phi) is 4.79. The summed E-state index contributed by atoms with van der Waals surface area (Å²) in [6.45, 7) is 11.9. The van der Waals surface area contributed by atoms with Crippen LogP contribution in [0, 0.1) is 0 Å². The van der Waals surface area contributed by atoms with Gasteiger partial charge in [-0.25, -0.2) is 0 Å². The topological polar surface area (TPSA) is 24.5 Å². The van der Waals surface area contributed by atoms with Crippen molar-refractivity contribution in [2.75, 3.05) is 32.8 Å². The number of hydrogen-bond donors (Lipinski definition) is 1. The van der Waals surface area contributed by atoms with Crippen molar-refractivity contribution in [1.29, 1.82) is 0 Å². The maximum atomic E-state index is 5.59. The van der Waals surface area contributed by atoms with E-state index in [2.05, 4.69) is 28.9 Å². The minimum atomic E-state index is 0.594. The van der Waals surface area contributed by atoms with Gasteiger partial charge in [0.15, 0.2) is 0 Å². The summed E-state index contributed by atoms with van der Waals surface area (Å²) < 4.78 is 5.59. The summed E-state index contributed by atoms with van der Waals surface area (Å²) in [7, 11) is 0. The van der Waals surface area contributed by atoms with Gasteiger partial charge in [-0.2, -0.15) is 0 Å². The molecule has 0 aromatic heterocycles. The average molecular weight is 246 g/mol. The van der Waals surface area contributed by atoms with Crippen LogP contribution in [0.5, 0.6) is 5.75 Å². The van der Waals surface area contributed by atoms with Crippen molar-refractivity contribution < 1.29 is 4.74 Å². The standard InChI is InChI=1S/C15H22N2O/c1-13(2)12-18-15-5-3-14(4-6-15)11-17-9-7-16-8-10-17/h3-6,16H,1,7-12H2,2H3. The molecule has 3 heteroatoms. The molecule has 1 aliphatic heterocycles. The van der Waals surface area contributed by atoms with Crippen LogP contribution in [-0.2, 0) is 6.54 Å². The van der Waals surface area contributed by atoms with E-state index in [0.717, 1.165) is 44.0 Å². The summed E-state index contributed by atoms with van der Waals surface area (Å²) in [4.78, 5) is 2.47. The molecule has 1 fully saturated rings. The molecule has 0 unspecified atom stereocenters. The molecule has 1 aromatic rings. The fraction of sp³-hybridized carbons (Fsp3) is 0.467. The van der Waals surface area contributed by atoms with Crippen LogP contribution in [0.15, 0.2) is 36.4 Å². The van der Waals surface area contributed by atoms with Gasteiger partial charge in [-0.15, -0.1) is 0 Å². The maximum absolute atomic E-state index is 5.59. The van der Waals surface area contributed by atoms with Crippen molar-refractivity contribution in [3.8, 4) is 5.75 Å². The van der Waals surface area contributed by atoms with E-state index in [1.807, 2.05) is 19.1 Å². The highest BCUT2D eigenvalue weighted by molar-refractivity contribution is 5.27. The van der Waals surface area contributed by atoms with Gasteiger partial charge in [-0.3, -0.25) is 4.90 Å². The molecule has 3 nitrogen and oxygen atoms in total. The molecule has 0 radical (unpaired) electrons. The van der Waals surface area contributed by atoms with Gasteiger partial charge < -0.3 is 10.1 Å². The largest absolute Gasteiger partial charge is 0.489 e. The lowest BCUT2D eigenvalue weighted by Crippen LogP contribution is -2.42. The lowest BCUT2D eigenvalue weighted by molar-refractivity contribution is 0.233. The molecule has 0 aliphatic carbocycles. The zero-order chi connectivity index (χ0) is 12.8. The summed E-state index contributed by atoms with van der Waals surface area (Å²) in [5.74, 6) is 0.919. The zero-order valence-corrected chi connectivity index (χ0v) is 11.1. The highest BCUT2D eigenvalue weighted by Gasteiger charge is 2.09. The van der Waals surface area contributed by atoms with Gasteiger partial charge in [0.2, 0.25) is 0 Å². The van der Waals surface area contributed by atoms with E-state index in [0.29, 0.717) is 6.61 Å². The van der Waals surface area contributed by atoms with E-state index in [9.17, 15) is 0 Å². The molecule has 18 heavy (non-hydrogen) atoms.